The van der Waals surface area contributed by atoms with Gasteiger partial charge in [0.1, 0.15) is 11.6 Å². The van der Waals surface area contributed by atoms with Gasteiger partial charge in [0.05, 0.1) is 23.6 Å². The van der Waals surface area contributed by atoms with Crippen LogP contribution in [0, 0.1) is 5.82 Å². The Balaban J connectivity index is 1.98. The van der Waals surface area contributed by atoms with E-state index >= 15 is 0 Å². The standard InChI is InChI=1S/C21H18FN3O/c22-18-6-2-1-5-16(18)14-25-21(15-8-10-17(26)11-9-15)13-19(23)20-7-3-4-12-24-20/h1-13,26H,14,23H2. The van der Waals surface area contributed by atoms with Crippen LogP contribution >= 0.6 is 0 Å². The van der Waals surface area contributed by atoms with E-state index in [1.165, 1.54) is 6.07 Å². The zero-order valence-electron chi connectivity index (χ0n) is 14.0. The topological polar surface area (TPSA) is 71.5 Å². The summed E-state index contributed by atoms with van der Waals surface area (Å²) in [6.45, 7) is 0.175. The molecule has 3 rings (SSSR count). The Hall–Kier alpha value is -3.47. The summed E-state index contributed by atoms with van der Waals surface area (Å²) in [4.78, 5) is 8.75. The van der Waals surface area contributed by atoms with Crippen molar-refractivity contribution in [3.8, 4) is 5.75 Å². The van der Waals surface area contributed by atoms with Gasteiger partial charge in [-0.3, -0.25) is 9.98 Å². The first-order valence-electron chi connectivity index (χ1n) is 8.09. The number of allylic oxidation sites excluding steroid dienone is 1. The molecule has 0 spiro atoms. The van der Waals surface area contributed by atoms with Gasteiger partial charge in [-0.1, -0.05) is 24.3 Å². The van der Waals surface area contributed by atoms with Crippen LogP contribution in [0.15, 0.2) is 84.0 Å². The fraction of sp³-hybridized carbons (Fsp3) is 0.0476. The summed E-state index contributed by atoms with van der Waals surface area (Å²) in [6, 6.07) is 18.6. The molecule has 0 aliphatic rings. The van der Waals surface area contributed by atoms with E-state index in [0.717, 1.165) is 5.56 Å². The van der Waals surface area contributed by atoms with Gasteiger partial charge in [-0.05, 0) is 48.5 Å². The van der Waals surface area contributed by atoms with E-state index in [4.69, 9.17) is 5.73 Å². The number of aromatic hydroxyl groups is 1. The Labute approximate surface area is 151 Å². The summed E-state index contributed by atoms with van der Waals surface area (Å²) in [7, 11) is 0. The third-order valence-electron chi connectivity index (χ3n) is 3.79. The zero-order valence-corrected chi connectivity index (χ0v) is 14.0. The summed E-state index contributed by atoms with van der Waals surface area (Å²) in [5, 5.41) is 9.50. The molecular formula is C21H18FN3O. The van der Waals surface area contributed by atoms with Crippen molar-refractivity contribution in [2.75, 3.05) is 0 Å². The van der Waals surface area contributed by atoms with Gasteiger partial charge in [-0.2, -0.15) is 0 Å². The Morgan fingerprint density at radius 2 is 1.77 bits per heavy atom. The molecule has 0 aliphatic carbocycles. The van der Waals surface area contributed by atoms with Crippen LogP contribution in [0.4, 0.5) is 4.39 Å². The lowest BCUT2D eigenvalue weighted by Gasteiger charge is -2.07. The Morgan fingerprint density at radius 3 is 2.46 bits per heavy atom. The number of phenolic OH excluding ortho intramolecular Hbond substituents is 1. The van der Waals surface area contributed by atoms with Crippen molar-refractivity contribution in [2.45, 2.75) is 6.54 Å². The van der Waals surface area contributed by atoms with E-state index in [9.17, 15) is 9.50 Å². The third kappa shape index (κ3) is 4.33. The highest BCUT2D eigenvalue weighted by atomic mass is 19.1. The number of phenols is 1. The summed E-state index contributed by atoms with van der Waals surface area (Å²) in [6.07, 6.45) is 3.36. The van der Waals surface area contributed by atoms with E-state index in [1.54, 1.807) is 60.8 Å². The van der Waals surface area contributed by atoms with Crippen LogP contribution in [0.1, 0.15) is 16.8 Å². The maximum Gasteiger partial charge on any atom is 0.128 e. The van der Waals surface area contributed by atoms with Gasteiger partial charge in [0.15, 0.2) is 0 Å². The number of aliphatic imine (C=N–C) groups is 1. The van der Waals surface area contributed by atoms with Crippen LogP contribution in [0.2, 0.25) is 0 Å². The number of halogens is 1. The second-order valence-corrected chi connectivity index (χ2v) is 5.65. The summed E-state index contributed by atoms with van der Waals surface area (Å²) >= 11 is 0. The van der Waals surface area contributed by atoms with Gasteiger partial charge < -0.3 is 10.8 Å². The van der Waals surface area contributed by atoms with Crippen LogP contribution in [0.5, 0.6) is 5.75 Å². The Kier molecular flexibility index (Phi) is 5.39. The molecule has 0 bridgehead atoms. The molecule has 3 N–H and O–H groups in total. The van der Waals surface area contributed by atoms with Crippen LogP contribution in [-0.2, 0) is 6.54 Å². The molecule has 2 aromatic carbocycles. The first-order valence-corrected chi connectivity index (χ1v) is 8.09. The van der Waals surface area contributed by atoms with Crippen molar-refractivity contribution in [3.63, 3.8) is 0 Å². The molecule has 26 heavy (non-hydrogen) atoms. The molecule has 0 radical (unpaired) electrons. The highest BCUT2D eigenvalue weighted by Crippen LogP contribution is 2.15. The van der Waals surface area contributed by atoms with Gasteiger partial charge in [-0.15, -0.1) is 0 Å². The van der Waals surface area contributed by atoms with Gasteiger partial charge in [0.25, 0.3) is 0 Å². The predicted molar refractivity (Wildman–Crippen MR) is 101 cm³/mol. The van der Waals surface area contributed by atoms with Crippen LogP contribution in [0.25, 0.3) is 5.70 Å². The Bertz CT molecular complexity index is 935. The summed E-state index contributed by atoms with van der Waals surface area (Å²) in [5.74, 6) is -0.146. The monoisotopic (exact) mass is 347 g/mol. The molecule has 5 heteroatoms. The average molecular weight is 347 g/mol. The summed E-state index contributed by atoms with van der Waals surface area (Å²) in [5.41, 5.74) is 9.07. The van der Waals surface area contributed by atoms with Crippen molar-refractivity contribution in [3.05, 3.63) is 102 Å². The van der Waals surface area contributed by atoms with Crippen LogP contribution < -0.4 is 5.73 Å². The first-order chi connectivity index (χ1) is 12.6. The fourth-order valence-corrected chi connectivity index (χ4v) is 2.40. The highest BCUT2D eigenvalue weighted by Gasteiger charge is 2.06. The van der Waals surface area contributed by atoms with E-state index in [-0.39, 0.29) is 18.1 Å². The normalized spacial score (nSPS) is 12.2. The number of benzene rings is 2. The minimum absolute atomic E-state index is 0.156. The second-order valence-electron chi connectivity index (χ2n) is 5.65. The summed E-state index contributed by atoms with van der Waals surface area (Å²) < 4.78 is 13.9. The van der Waals surface area contributed by atoms with Gasteiger partial charge >= 0.3 is 0 Å². The van der Waals surface area contributed by atoms with Gasteiger partial charge in [-0.25, -0.2) is 4.39 Å². The lowest BCUT2D eigenvalue weighted by atomic mass is 10.1. The number of nitrogens with two attached hydrogens (primary N) is 1. The van der Waals surface area contributed by atoms with E-state index < -0.39 is 0 Å². The highest BCUT2D eigenvalue weighted by molar-refractivity contribution is 6.11. The maximum atomic E-state index is 13.9. The minimum atomic E-state index is -0.303. The Morgan fingerprint density at radius 1 is 1.04 bits per heavy atom. The number of rotatable bonds is 5. The molecular weight excluding hydrogens is 329 g/mol. The van der Waals surface area contributed by atoms with Crippen molar-refractivity contribution >= 4 is 11.4 Å². The van der Waals surface area contributed by atoms with E-state index in [0.29, 0.717) is 22.7 Å². The third-order valence-corrected chi connectivity index (χ3v) is 3.79. The molecule has 3 aromatic rings. The SMILES string of the molecule is NC(=CC(=NCc1ccccc1F)c1ccc(O)cc1)c1ccccn1. The maximum absolute atomic E-state index is 13.9. The molecule has 1 aromatic heterocycles. The molecule has 0 saturated carbocycles. The van der Waals surface area contributed by atoms with Crippen LogP contribution in [0.3, 0.4) is 0 Å². The smallest absolute Gasteiger partial charge is 0.128 e. The van der Waals surface area contributed by atoms with Gasteiger partial charge in [0.2, 0.25) is 0 Å². The molecule has 0 fully saturated rings. The second kappa shape index (κ2) is 8.07. The van der Waals surface area contributed by atoms with Crippen molar-refractivity contribution < 1.29 is 9.50 Å². The number of aromatic nitrogens is 1. The van der Waals surface area contributed by atoms with Crippen LogP contribution in [-0.4, -0.2) is 15.8 Å². The minimum Gasteiger partial charge on any atom is -0.508 e. The number of nitrogens with zero attached hydrogens (tertiary/aromatic N) is 2. The molecule has 1 heterocycles. The van der Waals surface area contributed by atoms with E-state index in [2.05, 4.69) is 9.98 Å². The fourth-order valence-electron chi connectivity index (χ4n) is 2.40. The molecule has 0 unspecified atom stereocenters. The predicted octanol–water partition coefficient (Wildman–Crippen LogP) is 3.92. The average Bonchev–Trinajstić information content (AvgIpc) is 2.67. The van der Waals surface area contributed by atoms with Crippen molar-refractivity contribution in [1.29, 1.82) is 0 Å². The number of hydrogen-bond donors (Lipinski definition) is 2. The molecule has 0 amide bonds. The number of pyridine rings is 1. The first kappa shape index (κ1) is 17.4. The molecule has 4 nitrogen and oxygen atoms in total. The lowest BCUT2D eigenvalue weighted by Crippen LogP contribution is -2.05. The lowest BCUT2D eigenvalue weighted by molar-refractivity contribution is 0.475. The zero-order chi connectivity index (χ0) is 18.4. The molecule has 0 atom stereocenters. The van der Waals surface area contributed by atoms with Gasteiger partial charge in [0, 0.05) is 17.3 Å². The number of hydrogen-bond acceptors (Lipinski definition) is 4. The van der Waals surface area contributed by atoms with Crippen molar-refractivity contribution in [2.24, 2.45) is 10.7 Å². The van der Waals surface area contributed by atoms with Crippen molar-refractivity contribution in [1.82, 2.24) is 4.98 Å². The molecule has 0 saturated heterocycles. The van der Waals surface area contributed by atoms with E-state index in [1.807, 2.05) is 12.1 Å². The molecule has 0 aliphatic heterocycles. The molecule has 130 valence electrons. The quantitative estimate of drug-likeness (QED) is 0.687. The largest absolute Gasteiger partial charge is 0.508 e.